The van der Waals surface area contributed by atoms with E-state index in [4.69, 9.17) is 4.74 Å². The zero-order valence-corrected chi connectivity index (χ0v) is 16.2. The van der Waals surface area contributed by atoms with Crippen molar-refractivity contribution in [2.75, 3.05) is 6.61 Å². The van der Waals surface area contributed by atoms with Crippen LogP contribution < -0.4 is 0 Å². The molecule has 0 aromatic rings. The minimum atomic E-state index is -0.0322. The third-order valence-electron chi connectivity index (χ3n) is 6.39. The standard InChI is InChI=1S/C22H42O2/c1-2-3-4-5-6-7-8-9-10-11-12-13-16-24-22-18-19-14-15-20(22)17-21(19)23/h19-23H,2-18H2,1H3. The van der Waals surface area contributed by atoms with Crippen molar-refractivity contribution in [1.29, 1.82) is 0 Å². The van der Waals surface area contributed by atoms with Gasteiger partial charge in [-0.05, 0) is 43.9 Å². The first-order valence-electron chi connectivity index (χ1n) is 11.1. The summed E-state index contributed by atoms with van der Waals surface area (Å²) in [6.45, 7) is 3.23. The molecule has 3 rings (SSSR count). The quantitative estimate of drug-likeness (QED) is 0.379. The number of hydrogen-bond acceptors (Lipinski definition) is 2. The number of aliphatic hydroxyl groups excluding tert-OH is 1. The van der Waals surface area contributed by atoms with Gasteiger partial charge in [0, 0.05) is 6.61 Å². The first kappa shape index (κ1) is 20.2. The van der Waals surface area contributed by atoms with Gasteiger partial charge in [0.25, 0.3) is 0 Å². The Balaban J connectivity index is 1.33. The van der Waals surface area contributed by atoms with Gasteiger partial charge in [0.2, 0.25) is 0 Å². The van der Waals surface area contributed by atoms with Crippen molar-refractivity contribution < 1.29 is 9.84 Å². The van der Waals surface area contributed by atoms with Gasteiger partial charge in [-0.3, -0.25) is 0 Å². The second kappa shape index (κ2) is 12.3. The number of ether oxygens (including phenoxy) is 1. The lowest BCUT2D eigenvalue weighted by Gasteiger charge is -2.45. The van der Waals surface area contributed by atoms with Gasteiger partial charge in [0.05, 0.1) is 12.2 Å². The molecule has 24 heavy (non-hydrogen) atoms. The summed E-state index contributed by atoms with van der Waals surface area (Å²) in [5.41, 5.74) is 0. The van der Waals surface area contributed by atoms with Crippen LogP contribution in [-0.2, 0) is 4.74 Å². The molecular formula is C22H42O2. The molecule has 0 aliphatic heterocycles. The van der Waals surface area contributed by atoms with E-state index in [1.807, 2.05) is 0 Å². The molecule has 4 atom stereocenters. The molecule has 2 bridgehead atoms. The first-order valence-corrected chi connectivity index (χ1v) is 11.1. The van der Waals surface area contributed by atoms with E-state index in [0.29, 0.717) is 17.9 Å². The second-order valence-electron chi connectivity index (χ2n) is 8.43. The third kappa shape index (κ3) is 7.44. The van der Waals surface area contributed by atoms with E-state index < -0.39 is 0 Å². The van der Waals surface area contributed by atoms with E-state index in [-0.39, 0.29) is 6.10 Å². The van der Waals surface area contributed by atoms with E-state index in [1.54, 1.807) is 0 Å². The van der Waals surface area contributed by atoms with Crippen molar-refractivity contribution in [2.45, 2.75) is 122 Å². The predicted octanol–water partition coefficient (Wildman–Crippen LogP) is 6.25. The average Bonchev–Trinajstić information content (AvgIpc) is 2.60. The lowest BCUT2D eigenvalue weighted by molar-refractivity contribution is -0.102. The van der Waals surface area contributed by atoms with Crippen LogP contribution >= 0.6 is 0 Å². The van der Waals surface area contributed by atoms with Crippen molar-refractivity contribution in [3.63, 3.8) is 0 Å². The highest BCUT2D eigenvalue weighted by atomic mass is 16.5. The summed E-state index contributed by atoms with van der Waals surface area (Å²) in [6.07, 6.45) is 21.8. The maximum absolute atomic E-state index is 9.95. The summed E-state index contributed by atoms with van der Waals surface area (Å²) < 4.78 is 6.15. The molecule has 3 aliphatic carbocycles. The van der Waals surface area contributed by atoms with Gasteiger partial charge in [0.15, 0.2) is 0 Å². The van der Waals surface area contributed by atoms with E-state index in [1.165, 1.54) is 89.9 Å². The van der Waals surface area contributed by atoms with Crippen LogP contribution in [-0.4, -0.2) is 23.9 Å². The van der Waals surface area contributed by atoms with Gasteiger partial charge in [-0.15, -0.1) is 0 Å². The van der Waals surface area contributed by atoms with Gasteiger partial charge >= 0.3 is 0 Å². The number of aliphatic hydroxyl groups is 1. The molecular weight excluding hydrogens is 296 g/mol. The normalized spacial score (nSPS) is 29.2. The molecule has 3 aliphatic rings. The van der Waals surface area contributed by atoms with Crippen LogP contribution in [0.2, 0.25) is 0 Å². The number of unbranched alkanes of at least 4 members (excludes halogenated alkanes) is 11. The Labute approximate surface area is 150 Å². The molecule has 0 heterocycles. The van der Waals surface area contributed by atoms with Crippen molar-refractivity contribution in [3.05, 3.63) is 0 Å². The molecule has 0 amide bonds. The van der Waals surface area contributed by atoms with E-state index in [0.717, 1.165) is 19.4 Å². The van der Waals surface area contributed by atoms with Gasteiger partial charge in [-0.25, -0.2) is 0 Å². The van der Waals surface area contributed by atoms with Crippen molar-refractivity contribution in [1.82, 2.24) is 0 Å². The fraction of sp³-hybridized carbons (Fsp3) is 1.00. The molecule has 2 heteroatoms. The molecule has 0 aromatic heterocycles. The summed E-state index contributed by atoms with van der Waals surface area (Å²) in [4.78, 5) is 0. The number of hydrogen-bond donors (Lipinski definition) is 1. The molecule has 2 nitrogen and oxygen atoms in total. The molecule has 0 aromatic carbocycles. The highest BCUT2D eigenvalue weighted by molar-refractivity contribution is 4.92. The van der Waals surface area contributed by atoms with E-state index in [2.05, 4.69) is 6.92 Å². The topological polar surface area (TPSA) is 29.5 Å². The molecule has 0 saturated heterocycles. The highest BCUT2D eigenvalue weighted by Crippen LogP contribution is 2.42. The minimum Gasteiger partial charge on any atom is -0.393 e. The fourth-order valence-electron chi connectivity index (χ4n) is 4.73. The maximum Gasteiger partial charge on any atom is 0.0607 e. The Bertz CT molecular complexity index is 304. The first-order chi connectivity index (χ1) is 11.8. The van der Waals surface area contributed by atoms with Gasteiger partial charge < -0.3 is 9.84 Å². The second-order valence-corrected chi connectivity index (χ2v) is 8.43. The Kier molecular flexibility index (Phi) is 10.4. The third-order valence-corrected chi connectivity index (χ3v) is 6.39. The summed E-state index contributed by atoms with van der Waals surface area (Å²) in [7, 11) is 0. The van der Waals surface area contributed by atoms with Crippen molar-refractivity contribution in [3.8, 4) is 0 Å². The smallest absolute Gasteiger partial charge is 0.0607 e. The zero-order valence-electron chi connectivity index (χ0n) is 16.2. The largest absolute Gasteiger partial charge is 0.393 e. The van der Waals surface area contributed by atoms with Crippen LogP contribution in [0, 0.1) is 11.8 Å². The SMILES string of the molecule is CCCCCCCCCCCCCCOC1CC2CCC1CC2O. The van der Waals surface area contributed by atoms with Gasteiger partial charge in [-0.1, -0.05) is 77.6 Å². The Morgan fingerprint density at radius 2 is 1.25 bits per heavy atom. The predicted molar refractivity (Wildman–Crippen MR) is 102 cm³/mol. The minimum absolute atomic E-state index is 0.0322. The summed E-state index contributed by atoms with van der Waals surface area (Å²) in [6, 6.07) is 0. The van der Waals surface area contributed by atoms with Crippen LogP contribution in [0.3, 0.4) is 0 Å². The summed E-state index contributed by atoms with van der Waals surface area (Å²) in [5.74, 6) is 1.17. The lowest BCUT2D eigenvalue weighted by atomic mass is 9.67. The van der Waals surface area contributed by atoms with Crippen LogP contribution in [0.5, 0.6) is 0 Å². The molecule has 4 unspecified atom stereocenters. The van der Waals surface area contributed by atoms with Crippen molar-refractivity contribution >= 4 is 0 Å². The van der Waals surface area contributed by atoms with E-state index in [9.17, 15) is 5.11 Å². The molecule has 1 N–H and O–H groups in total. The fourth-order valence-corrected chi connectivity index (χ4v) is 4.73. The monoisotopic (exact) mass is 338 g/mol. The van der Waals surface area contributed by atoms with Crippen molar-refractivity contribution in [2.24, 2.45) is 11.8 Å². The highest BCUT2D eigenvalue weighted by Gasteiger charge is 2.41. The number of rotatable bonds is 14. The zero-order chi connectivity index (χ0) is 17.0. The van der Waals surface area contributed by atoms with Crippen LogP contribution in [0.25, 0.3) is 0 Å². The summed E-state index contributed by atoms with van der Waals surface area (Å²) >= 11 is 0. The molecule has 0 spiro atoms. The van der Waals surface area contributed by atoms with Crippen LogP contribution in [0.15, 0.2) is 0 Å². The van der Waals surface area contributed by atoms with Gasteiger partial charge in [0.1, 0.15) is 0 Å². The molecule has 3 saturated carbocycles. The Morgan fingerprint density at radius 1 is 0.708 bits per heavy atom. The van der Waals surface area contributed by atoms with Crippen LogP contribution in [0.4, 0.5) is 0 Å². The molecule has 0 radical (unpaired) electrons. The Hall–Kier alpha value is -0.0800. The Morgan fingerprint density at radius 3 is 1.75 bits per heavy atom. The van der Waals surface area contributed by atoms with Crippen LogP contribution in [0.1, 0.15) is 110 Å². The maximum atomic E-state index is 9.95. The lowest BCUT2D eigenvalue weighted by Crippen LogP contribution is -2.44. The molecule has 142 valence electrons. The molecule has 3 fully saturated rings. The average molecular weight is 339 g/mol. The summed E-state index contributed by atoms with van der Waals surface area (Å²) in [5, 5.41) is 9.95. The van der Waals surface area contributed by atoms with Gasteiger partial charge in [-0.2, -0.15) is 0 Å². The van der Waals surface area contributed by atoms with E-state index >= 15 is 0 Å². The number of fused-ring (bicyclic) bond motifs is 3.